The van der Waals surface area contributed by atoms with E-state index in [1.54, 1.807) is 0 Å². The first-order valence-corrected chi connectivity index (χ1v) is 11.2. The Morgan fingerprint density at radius 2 is 1.65 bits per heavy atom. The van der Waals surface area contributed by atoms with Crippen molar-refractivity contribution in [2.75, 3.05) is 18.0 Å². The van der Waals surface area contributed by atoms with Crippen LogP contribution >= 0.6 is 0 Å². The van der Waals surface area contributed by atoms with Gasteiger partial charge in [0.05, 0.1) is 0 Å². The zero-order valence-electron chi connectivity index (χ0n) is 13.8. The van der Waals surface area contributed by atoms with Crippen molar-refractivity contribution in [1.82, 2.24) is 4.98 Å². The van der Waals surface area contributed by atoms with Crippen molar-refractivity contribution in [3.63, 3.8) is 0 Å². The van der Waals surface area contributed by atoms with Crippen LogP contribution in [0.15, 0.2) is 6.20 Å². The SMILES string of the molecule is O=C(c1cnc(N2CCCCC2)[se]1)C12CC3CC(CC(C3)C1)C2. The van der Waals surface area contributed by atoms with E-state index in [-0.39, 0.29) is 19.9 Å². The first kappa shape index (κ1) is 14.7. The molecule has 0 spiro atoms. The fourth-order valence-corrected chi connectivity index (χ4v) is 8.41. The second-order valence-electron chi connectivity index (χ2n) is 8.58. The van der Waals surface area contributed by atoms with Crippen molar-refractivity contribution >= 4 is 25.0 Å². The minimum atomic E-state index is 0.0230. The molecule has 4 heteroatoms. The van der Waals surface area contributed by atoms with Crippen molar-refractivity contribution < 1.29 is 4.79 Å². The molecule has 4 saturated carbocycles. The zero-order chi connectivity index (χ0) is 15.4. The van der Waals surface area contributed by atoms with E-state index in [0.29, 0.717) is 5.78 Å². The Morgan fingerprint density at radius 1 is 1.04 bits per heavy atom. The van der Waals surface area contributed by atoms with E-state index in [0.717, 1.165) is 35.3 Å². The number of carbonyl (C=O) groups is 1. The van der Waals surface area contributed by atoms with Gasteiger partial charge in [-0.1, -0.05) is 0 Å². The molecule has 2 heterocycles. The number of Topliss-reactive ketones (excluding diaryl/α,β-unsaturated/α-hetero) is 1. The Bertz CT molecular complexity index is 581. The summed E-state index contributed by atoms with van der Waals surface area (Å²) in [6, 6.07) is 0. The molecule has 3 nitrogen and oxygen atoms in total. The average molecular weight is 377 g/mol. The van der Waals surface area contributed by atoms with Gasteiger partial charge in [0, 0.05) is 0 Å². The molecule has 4 bridgehead atoms. The fourth-order valence-electron chi connectivity index (χ4n) is 6.25. The normalized spacial score (nSPS) is 39.0. The van der Waals surface area contributed by atoms with Crippen molar-refractivity contribution in [3.8, 4) is 0 Å². The van der Waals surface area contributed by atoms with Gasteiger partial charge < -0.3 is 0 Å². The Labute approximate surface area is 144 Å². The van der Waals surface area contributed by atoms with E-state index in [2.05, 4.69) is 9.88 Å². The molecule has 6 rings (SSSR count). The number of carbonyl (C=O) groups excluding carboxylic acids is 1. The van der Waals surface area contributed by atoms with Crippen LogP contribution in [0.1, 0.15) is 67.0 Å². The first-order valence-electron chi connectivity index (χ1n) is 9.47. The second-order valence-corrected chi connectivity index (χ2v) is 10.7. The number of nitrogens with zero attached hydrogens (tertiary/aromatic N) is 2. The van der Waals surface area contributed by atoms with Crippen LogP contribution in [0.2, 0.25) is 0 Å². The molecule has 23 heavy (non-hydrogen) atoms. The molecule has 124 valence electrons. The predicted octanol–water partition coefficient (Wildman–Crippen LogP) is 3.53. The molecule has 1 saturated heterocycles. The van der Waals surface area contributed by atoms with Gasteiger partial charge in [0.1, 0.15) is 0 Å². The number of piperidine rings is 1. The monoisotopic (exact) mass is 378 g/mol. The van der Waals surface area contributed by atoms with E-state index in [4.69, 9.17) is 0 Å². The predicted molar refractivity (Wildman–Crippen MR) is 92.2 cm³/mol. The second kappa shape index (κ2) is 5.46. The van der Waals surface area contributed by atoms with E-state index < -0.39 is 0 Å². The molecule has 0 unspecified atom stereocenters. The maximum atomic E-state index is 13.4. The molecular weight excluding hydrogens is 351 g/mol. The Balaban J connectivity index is 1.39. The summed E-state index contributed by atoms with van der Waals surface area (Å²) >= 11 is 0.164. The quantitative estimate of drug-likeness (QED) is 0.597. The summed E-state index contributed by atoms with van der Waals surface area (Å²) in [7, 11) is 0. The van der Waals surface area contributed by atoms with Gasteiger partial charge >= 0.3 is 144 Å². The van der Waals surface area contributed by atoms with Gasteiger partial charge in [-0.25, -0.2) is 0 Å². The van der Waals surface area contributed by atoms with Crippen LogP contribution in [-0.4, -0.2) is 38.4 Å². The van der Waals surface area contributed by atoms with Gasteiger partial charge in [-0.15, -0.1) is 0 Å². The van der Waals surface area contributed by atoms with Crippen molar-refractivity contribution in [2.45, 2.75) is 57.8 Å². The topological polar surface area (TPSA) is 33.2 Å². The molecule has 5 aliphatic rings. The maximum absolute atomic E-state index is 13.4. The van der Waals surface area contributed by atoms with Crippen LogP contribution in [0.5, 0.6) is 0 Å². The number of ketones is 1. The molecule has 1 aromatic heterocycles. The zero-order valence-corrected chi connectivity index (χ0v) is 15.5. The molecular formula is C19H26N2OSe. The van der Waals surface area contributed by atoms with Crippen molar-refractivity contribution in [3.05, 3.63) is 10.6 Å². The van der Waals surface area contributed by atoms with E-state index in [1.165, 1.54) is 62.5 Å². The Hall–Kier alpha value is -0.601. The molecule has 0 amide bonds. The molecule has 1 aliphatic heterocycles. The number of rotatable bonds is 3. The molecule has 5 fully saturated rings. The third kappa shape index (κ3) is 2.44. The number of hydrogen-bond acceptors (Lipinski definition) is 3. The molecule has 0 radical (unpaired) electrons. The molecule has 0 N–H and O–H groups in total. The standard InChI is InChI=1S/C19H26N2OSe/c22-17(16-12-20-18(23-16)21-4-2-1-3-5-21)19-9-13-6-14(10-19)8-15(7-13)11-19/h12-15H,1-11H2. The Morgan fingerprint density at radius 3 is 2.26 bits per heavy atom. The first-order chi connectivity index (χ1) is 11.2. The van der Waals surface area contributed by atoms with E-state index in [1.807, 2.05) is 6.20 Å². The van der Waals surface area contributed by atoms with E-state index >= 15 is 0 Å². The van der Waals surface area contributed by atoms with Crippen LogP contribution in [0.3, 0.4) is 0 Å². The summed E-state index contributed by atoms with van der Waals surface area (Å²) in [5.74, 6) is 3.05. The fraction of sp³-hybridized carbons (Fsp3) is 0.789. The summed E-state index contributed by atoms with van der Waals surface area (Å²) < 4.78 is 2.31. The van der Waals surface area contributed by atoms with Gasteiger partial charge in [-0.3, -0.25) is 0 Å². The van der Waals surface area contributed by atoms with Crippen LogP contribution in [0.4, 0.5) is 4.69 Å². The molecule has 1 aromatic rings. The average Bonchev–Trinajstić information content (AvgIpc) is 3.03. The third-order valence-corrected chi connectivity index (χ3v) is 9.08. The molecule has 0 atom stereocenters. The third-order valence-electron chi connectivity index (χ3n) is 6.86. The number of anilines is 1. The Kier molecular flexibility index (Phi) is 3.49. The summed E-state index contributed by atoms with van der Waals surface area (Å²) in [6.45, 7) is 2.29. The van der Waals surface area contributed by atoms with Gasteiger partial charge in [0.15, 0.2) is 0 Å². The van der Waals surface area contributed by atoms with Crippen molar-refractivity contribution in [1.29, 1.82) is 0 Å². The molecule has 0 aromatic carbocycles. The molecule has 4 aliphatic carbocycles. The minimum absolute atomic E-state index is 0.0230. The summed E-state index contributed by atoms with van der Waals surface area (Å²) in [4.78, 5) is 20.5. The van der Waals surface area contributed by atoms with Crippen LogP contribution in [0.25, 0.3) is 0 Å². The van der Waals surface area contributed by atoms with Crippen LogP contribution in [0, 0.1) is 23.2 Å². The summed E-state index contributed by atoms with van der Waals surface area (Å²) in [6.07, 6.45) is 13.7. The van der Waals surface area contributed by atoms with Crippen LogP contribution < -0.4 is 4.90 Å². The van der Waals surface area contributed by atoms with Gasteiger partial charge in [-0.05, 0) is 0 Å². The number of hydrogen-bond donors (Lipinski definition) is 0. The van der Waals surface area contributed by atoms with Gasteiger partial charge in [0.25, 0.3) is 0 Å². The van der Waals surface area contributed by atoms with Crippen LogP contribution in [-0.2, 0) is 0 Å². The van der Waals surface area contributed by atoms with E-state index in [9.17, 15) is 4.79 Å². The summed E-state index contributed by atoms with van der Waals surface area (Å²) in [5, 5.41) is 0. The summed E-state index contributed by atoms with van der Waals surface area (Å²) in [5.41, 5.74) is 0.0230. The van der Waals surface area contributed by atoms with Gasteiger partial charge in [-0.2, -0.15) is 0 Å². The van der Waals surface area contributed by atoms with Gasteiger partial charge in [0.2, 0.25) is 0 Å². The van der Waals surface area contributed by atoms with Crippen molar-refractivity contribution in [2.24, 2.45) is 23.2 Å². The number of aromatic nitrogens is 1.